The van der Waals surface area contributed by atoms with Crippen LogP contribution in [0.15, 0.2) is 66.0 Å². The van der Waals surface area contributed by atoms with E-state index in [0.29, 0.717) is 28.6 Å². The lowest BCUT2D eigenvalue weighted by atomic mass is 10.1. The van der Waals surface area contributed by atoms with Gasteiger partial charge in [0.15, 0.2) is 0 Å². The summed E-state index contributed by atoms with van der Waals surface area (Å²) in [6.07, 6.45) is 0. The molecule has 1 amide bonds. The van der Waals surface area contributed by atoms with Crippen LogP contribution in [0.1, 0.15) is 15.2 Å². The van der Waals surface area contributed by atoms with Gasteiger partial charge in [0, 0.05) is 10.4 Å². The minimum atomic E-state index is -0.115. The van der Waals surface area contributed by atoms with Gasteiger partial charge in [-0.05, 0) is 41.8 Å². The maximum absolute atomic E-state index is 13.1. The van der Waals surface area contributed by atoms with E-state index in [9.17, 15) is 4.79 Å². The van der Waals surface area contributed by atoms with Crippen molar-refractivity contribution < 1.29 is 9.53 Å². The minimum Gasteiger partial charge on any atom is -0.497 e. The van der Waals surface area contributed by atoms with Crippen molar-refractivity contribution in [2.24, 2.45) is 0 Å². The summed E-state index contributed by atoms with van der Waals surface area (Å²) in [5.74, 6) is 0.534. The fourth-order valence-electron chi connectivity index (χ4n) is 2.41. The topological polar surface area (TPSA) is 29.5 Å². The normalized spacial score (nSPS) is 10.4. The zero-order valence-corrected chi connectivity index (χ0v) is 14.7. The molecular weight excluding hydrogens is 342 g/mol. The van der Waals surface area contributed by atoms with Crippen LogP contribution in [0.2, 0.25) is 5.02 Å². The standard InChI is InChI=1S/C19H16ClNO2S/c1-23-15-7-4-6-14(12-15)19(22)21(13-16-8-5-11-24-16)18-10-3-2-9-17(18)20/h2-12H,13H2,1H3. The number of carbonyl (C=O) groups excluding carboxylic acids is 1. The molecule has 1 aromatic heterocycles. The predicted octanol–water partition coefficient (Wildman–Crippen LogP) is 5.26. The summed E-state index contributed by atoms with van der Waals surface area (Å²) in [6, 6.07) is 18.5. The lowest BCUT2D eigenvalue weighted by molar-refractivity contribution is 0.0985. The van der Waals surface area contributed by atoms with Crippen molar-refractivity contribution in [1.29, 1.82) is 0 Å². The van der Waals surface area contributed by atoms with Crippen LogP contribution in [0.4, 0.5) is 5.69 Å². The van der Waals surface area contributed by atoms with Gasteiger partial charge >= 0.3 is 0 Å². The number of hydrogen-bond donors (Lipinski definition) is 0. The molecule has 0 radical (unpaired) electrons. The second-order valence-corrected chi connectivity index (χ2v) is 6.59. The van der Waals surface area contributed by atoms with E-state index in [0.717, 1.165) is 4.88 Å². The molecular formula is C19H16ClNO2S. The lowest BCUT2D eigenvalue weighted by Gasteiger charge is -2.23. The van der Waals surface area contributed by atoms with E-state index < -0.39 is 0 Å². The number of anilines is 1. The Morgan fingerprint density at radius 1 is 1.12 bits per heavy atom. The summed E-state index contributed by atoms with van der Waals surface area (Å²) < 4.78 is 5.23. The number of carbonyl (C=O) groups is 1. The summed E-state index contributed by atoms with van der Waals surface area (Å²) >= 11 is 7.94. The second kappa shape index (κ2) is 7.51. The number of amides is 1. The smallest absolute Gasteiger partial charge is 0.258 e. The molecule has 0 bridgehead atoms. The average molecular weight is 358 g/mol. The van der Waals surface area contributed by atoms with Gasteiger partial charge in [-0.25, -0.2) is 0 Å². The first-order valence-electron chi connectivity index (χ1n) is 7.42. The highest BCUT2D eigenvalue weighted by molar-refractivity contribution is 7.09. The van der Waals surface area contributed by atoms with Gasteiger partial charge in [0.1, 0.15) is 5.75 Å². The molecule has 0 aliphatic rings. The highest BCUT2D eigenvalue weighted by Crippen LogP contribution is 2.29. The maximum atomic E-state index is 13.1. The van der Waals surface area contributed by atoms with Gasteiger partial charge in [-0.2, -0.15) is 0 Å². The van der Waals surface area contributed by atoms with Crippen molar-refractivity contribution in [1.82, 2.24) is 0 Å². The van der Waals surface area contributed by atoms with Gasteiger partial charge in [-0.3, -0.25) is 4.79 Å². The maximum Gasteiger partial charge on any atom is 0.258 e. The van der Waals surface area contributed by atoms with Crippen LogP contribution in [-0.2, 0) is 6.54 Å². The zero-order valence-electron chi connectivity index (χ0n) is 13.1. The number of halogens is 1. The first-order chi connectivity index (χ1) is 11.7. The molecule has 3 nitrogen and oxygen atoms in total. The van der Waals surface area contributed by atoms with Gasteiger partial charge in [-0.15, -0.1) is 11.3 Å². The van der Waals surface area contributed by atoms with Crippen molar-refractivity contribution in [3.63, 3.8) is 0 Å². The number of ether oxygens (including phenoxy) is 1. The zero-order chi connectivity index (χ0) is 16.9. The third-order valence-electron chi connectivity index (χ3n) is 3.60. The van der Waals surface area contributed by atoms with Gasteiger partial charge in [0.2, 0.25) is 0 Å². The average Bonchev–Trinajstić information content (AvgIpc) is 3.13. The molecule has 0 saturated carbocycles. The Morgan fingerprint density at radius 3 is 2.67 bits per heavy atom. The Bertz CT molecular complexity index is 833. The number of benzene rings is 2. The van der Waals surface area contributed by atoms with Crippen molar-refractivity contribution in [2.75, 3.05) is 12.0 Å². The number of nitrogens with zero attached hydrogens (tertiary/aromatic N) is 1. The van der Waals surface area contributed by atoms with Gasteiger partial charge in [0.25, 0.3) is 5.91 Å². The Labute approximate surface area is 150 Å². The SMILES string of the molecule is COc1cccc(C(=O)N(Cc2cccs2)c2ccccc2Cl)c1. The molecule has 0 fully saturated rings. The monoisotopic (exact) mass is 357 g/mol. The molecule has 0 aliphatic carbocycles. The largest absolute Gasteiger partial charge is 0.497 e. The summed E-state index contributed by atoms with van der Waals surface area (Å²) in [7, 11) is 1.58. The molecule has 0 saturated heterocycles. The van der Waals surface area contributed by atoms with Gasteiger partial charge < -0.3 is 9.64 Å². The van der Waals surface area contributed by atoms with E-state index in [-0.39, 0.29) is 5.91 Å². The van der Waals surface area contributed by atoms with E-state index >= 15 is 0 Å². The van der Waals surface area contributed by atoms with E-state index in [4.69, 9.17) is 16.3 Å². The first-order valence-corrected chi connectivity index (χ1v) is 8.67. The number of rotatable bonds is 5. The van der Waals surface area contributed by atoms with E-state index in [1.807, 2.05) is 47.8 Å². The lowest BCUT2D eigenvalue weighted by Crippen LogP contribution is -2.30. The van der Waals surface area contributed by atoms with Gasteiger partial charge in [-0.1, -0.05) is 35.9 Å². The van der Waals surface area contributed by atoms with Crippen molar-refractivity contribution in [3.05, 3.63) is 81.5 Å². The summed E-state index contributed by atoms with van der Waals surface area (Å²) in [5.41, 5.74) is 1.26. The number of para-hydroxylation sites is 1. The molecule has 0 aliphatic heterocycles. The Morgan fingerprint density at radius 2 is 1.96 bits per heavy atom. The Kier molecular flexibility index (Phi) is 5.18. The van der Waals surface area contributed by atoms with Crippen LogP contribution >= 0.6 is 22.9 Å². The van der Waals surface area contributed by atoms with Crippen LogP contribution in [0.3, 0.4) is 0 Å². The number of thiophene rings is 1. The predicted molar refractivity (Wildman–Crippen MR) is 99.3 cm³/mol. The van der Waals surface area contributed by atoms with Crippen LogP contribution in [0.25, 0.3) is 0 Å². The molecule has 1 heterocycles. The Balaban J connectivity index is 2.00. The number of methoxy groups -OCH3 is 1. The summed E-state index contributed by atoms with van der Waals surface area (Å²) in [5, 5.41) is 2.54. The molecule has 0 atom stereocenters. The number of hydrogen-bond acceptors (Lipinski definition) is 3. The van der Waals surface area contributed by atoms with Crippen LogP contribution in [-0.4, -0.2) is 13.0 Å². The Hall–Kier alpha value is -2.30. The molecule has 3 aromatic rings. The summed E-state index contributed by atoms with van der Waals surface area (Å²) in [6.45, 7) is 0.470. The van der Waals surface area contributed by atoms with E-state index in [1.165, 1.54) is 0 Å². The van der Waals surface area contributed by atoms with E-state index in [2.05, 4.69) is 0 Å². The fourth-order valence-corrected chi connectivity index (χ4v) is 3.34. The van der Waals surface area contributed by atoms with Crippen LogP contribution < -0.4 is 9.64 Å². The van der Waals surface area contributed by atoms with Crippen LogP contribution in [0, 0.1) is 0 Å². The fraction of sp³-hybridized carbons (Fsp3) is 0.105. The molecule has 24 heavy (non-hydrogen) atoms. The van der Waals surface area contributed by atoms with Crippen molar-refractivity contribution in [3.8, 4) is 5.75 Å². The third-order valence-corrected chi connectivity index (χ3v) is 4.78. The highest BCUT2D eigenvalue weighted by atomic mass is 35.5. The quantitative estimate of drug-likeness (QED) is 0.623. The third kappa shape index (κ3) is 3.61. The van der Waals surface area contributed by atoms with Crippen LogP contribution in [0.5, 0.6) is 5.75 Å². The van der Waals surface area contributed by atoms with Crippen molar-refractivity contribution >= 4 is 34.5 Å². The minimum absolute atomic E-state index is 0.115. The summed E-state index contributed by atoms with van der Waals surface area (Å²) in [4.78, 5) is 15.9. The molecule has 0 N–H and O–H groups in total. The molecule has 2 aromatic carbocycles. The highest BCUT2D eigenvalue weighted by Gasteiger charge is 2.21. The second-order valence-electron chi connectivity index (χ2n) is 5.15. The van der Waals surface area contributed by atoms with Crippen molar-refractivity contribution in [2.45, 2.75) is 6.54 Å². The van der Waals surface area contributed by atoms with E-state index in [1.54, 1.807) is 41.5 Å². The van der Waals surface area contributed by atoms with Gasteiger partial charge in [0.05, 0.1) is 24.4 Å². The molecule has 5 heteroatoms. The molecule has 122 valence electrons. The molecule has 0 unspecified atom stereocenters. The first kappa shape index (κ1) is 16.6. The molecule has 0 spiro atoms. The molecule has 3 rings (SSSR count).